The summed E-state index contributed by atoms with van der Waals surface area (Å²) in [4.78, 5) is 23.3. The minimum absolute atomic E-state index is 0.0435. The van der Waals surface area contributed by atoms with E-state index in [2.05, 4.69) is 10.6 Å². The number of aliphatic hydroxyl groups excluding tert-OH is 2. The van der Waals surface area contributed by atoms with Crippen molar-refractivity contribution in [2.75, 3.05) is 19.8 Å². The normalized spacial score (nSPS) is 12.3. The summed E-state index contributed by atoms with van der Waals surface area (Å²) in [6.07, 6.45) is -0.217. The number of hydrogen-bond donors (Lipinski definition) is 4. The lowest BCUT2D eigenvalue weighted by molar-refractivity contribution is -0.125. The average Bonchev–Trinajstić information content (AvgIpc) is 2.39. The van der Waals surface area contributed by atoms with E-state index < -0.39 is 25.4 Å². The third-order valence-electron chi connectivity index (χ3n) is 2.61. The highest BCUT2D eigenvalue weighted by Crippen LogP contribution is 2.06. The fourth-order valence-corrected chi connectivity index (χ4v) is 1.61. The molecule has 0 saturated heterocycles. The Balaban J connectivity index is 4.25. The van der Waals surface area contributed by atoms with Gasteiger partial charge >= 0.3 is 6.09 Å². The molecule has 2 amide bonds. The van der Waals surface area contributed by atoms with E-state index in [1.165, 1.54) is 0 Å². The first kappa shape index (κ1) is 18.7. The lowest BCUT2D eigenvalue weighted by Gasteiger charge is -2.19. The monoisotopic (exact) mass is 290 g/mol. The first-order chi connectivity index (χ1) is 9.44. The van der Waals surface area contributed by atoms with Crippen molar-refractivity contribution in [3.63, 3.8) is 0 Å². The third-order valence-corrected chi connectivity index (χ3v) is 2.61. The SMILES string of the molecule is CCCC(CNC(=O)OC(CO)CO)C(=O)NC(C)C. The van der Waals surface area contributed by atoms with Gasteiger partial charge in [-0.15, -0.1) is 0 Å². The molecule has 0 aliphatic carbocycles. The summed E-state index contributed by atoms with van der Waals surface area (Å²) in [6.45, 7) is 4.97. The van der Waals surface area contributed by atoms with Gasteiger partial charge in [0.05, 0.1) is 19.1 Å². The molecule has 0 spiro atoms. The van der Waals surface area contributed by atoms with Gasteiger partial charge in [-0.1, -0.05) is 13.3 Å². The van der Waals surface area contributed by atoms with E-state index >= 15 is 0 Å². The molecule has 0 rings (SSSR count). The molecule has 0 aliphatic heterocycles. The highest BCUT2D eigenvalue weighted by molar-refractivity contribution is 5.79. The smallest absolute Gasteiger partial charge is 0.407 e. The predicted molar refractivity (Wildman–Crippen MR) is 74.1 cm³/mol. The molecule has 4 N–H and O–H groups in total. The van der Waals surface area contributed by atoms with Crippen molar-refractivity contribution in [1.82, 2.24) is 10.6 Å². The van der Waals surface area contributed by atoms with Gasteiger partial charge in [0, 0.05) is 12.6 Å². The molecule has 118 valence electrons. The lowest BCUT2D eigenvalue weighted by atomic mass is 10.0. The second kappa shape index (κ2) is 10.4. The van der Waals surface area contributed by atoms with E-state index in [4.69, 9.17) is 14.9 Å². The standard InChI is InChI=1S/C13H26N2O5/c1-4-5-10(12(18)15-9(2)3)6-14-13(19)20-11(7-16)8-17/h9-11,16-17H,4-8H2,1-3H3,(H,14,19)(H,15,18). The molecular weight excluding hydrogens is 264 g/mol. The Morgan fingerprint density at radius 3 is 2.25 bits per heavy atom. The molecule has 0 bridgehead atoms. The quantitative estimate of drug-likeness (QED) is 0.478. The molecule has 0 fully saturated rings. The number of carbonyl (C=O) groups excluding carboxylic acids is 2. The van der Waals surface area contributed by atoms with Crippen LogP contribution in [-0.2, 0) is 9.53 Å². The molecule has 0 aliphatic rings. The minimum atomic E-state index is -0.941. The fraction of sp³-hybridized carbons (Fsp3) is 0.846. The van der Waals surface area contributed by atoms with Crippen molar-refractivity contribution >= 4 is 12.0 Å². The summed E-state index contributed by atoms with van der Waals surface area (Å²) < 4.78 is 4.76. The molecule has 1 unspecified atom stereocenters. The van der Waals surface area contributed by atoms with Crippen molar-refractivity contribution in [1.29, 1.82) is 0 Å². The van der Waals surface area contributed by atoms with E-state index in [9.17, 15) is 9.59 Å². The highest BCUT2D eigenvalue weighted by atomic mass is 16.6. The van der Waals surface area contributed by atoms with Crippen LogP contribution in [0.2, 0.25) is 0 Å². The molecular formula is C13H26N2O5. The Morgan fingerprint density at radius 1 is 1.20 bits per heavy atom. The molecule has 1 atom stereocenters. The zero-order chi connectivity index (χ0) is 15.5. The van der Waals surface area contributed by atoms with E-state index in [1.807, 2.05) is 20.8 Å². The topological polar surface area (TPSA) is 108 Å². The number of hydrogen-bond acceptors (Lipinski definition) is 5. The summed E-state index contributed by atoms with van der Waals surface area (Å²) in [5.74, 6) is -0.431. The molecule has 0 radical (unpaired) electrons. The minimum Gasteiger partial charge on any atom is -0.441 e. The number of ether oxygens (including phenoxy) is 1. The number of carbonyl (C=O) groups is 2. The molecule has 0 saturated carbocycles. The van der Waals surface area contributed by atoms with Crippen LogP contribution in [0.3, 0.4) is 0 Å². The summed E-state index contributed by atoms with van der Waals surface area (Å²) in [5.41, 5.74) is 0. The van der Waals surface area contributed by atoms with Crippen LogP contribution in [0.25, 0.3) is 0 Å². The van der Waals surface area contributed by atoms with Gasteiger partial charge in [-0.25, -0.2) is 4.79 Å². The Bertz CT molecular complexity index is 292. The van der Waals surface area contributed by atoms with Crippen molar-refractivity contribution in [3.05, 3.63) is 0 Å². The highest BCUT2D eigenvalue weighted by Gasteiger charge is 2.20. The second-order valence-corrected chi connectivity index (χ2v) is 4.92. The third kappa shape index (κ3) is 7.96. The first-order valence-electron chi connectivity index (χ1n) is 6.91. The van der Waals surface area contributed by atoms with Crippen molar-refractivity contribution in [2.45, 2.75) is 45.8 Å². The van der Waals surface area contributed by atoms with Crippen LogP contribution < -0.4 is 10.6 Å². The predicted octanol–water partition coefficient (Wildman–Crippen LogP) is 0.00670. The molecule has 0 aromatic carbocycles. The van der Waals surface area contributed by atoms with Gasteiger partial charge in [-0.05, 0) is 20.3 Å². The largest absolute Gasteiger partial charge is 0.441 e. The van der Waals surface area contributed by atoms with Crippen LogP contribution in [0.15, 0.2) is 0 Å². The molecule has 20 heavy (non-hydrogen) atoms. The molecule has 7 heteroatoms. The van der Waals surface area contributed by atoms with Crippen LogP contribution in [-0.4, -0.2) is 54.1 Å². The van der Waals surface area contributed by atoms with Crippen molar-refractivity contribution in [3.8, 4) is 0 Å². The number of alkyl carbamates (subject to hydrolysis) is 1. The Morgan fingerprint density at radius 2 is 1.80 bits per heavy atom. The zero-order valence-corrected chi connectivity index (χ0v) is 12.4. The van der Waals surface area contributed by atoms with Crippen molar-refractivity contribution < 1.29 is 24.5 Å². The maximum atomic E-state index is 11.9. The van der Waals surface area contributed by atoms with Crippen LogP contribution in [0.1, 0.15) is 33.6 Å². The molecule has 0 aromatic heterocycles. The summed E-state index contributed by atoms with van der Waals surface area (Å²) >= 11 is 0. The van der Waals surface area contributed by atoms with Gasteiger partial charge in [-0.2, -0.15) is 0 Å². The van der Waals surface area contributed by atoms with Gasteiger partial charge in [-0.3, -0.25) is 4.79 Å². The van der Waals surface area contributed by atoms with Gasteiger partial charge in [0.25, 0.3) is 0 Å². The lowest BCUT2D eigenvalue weighted by Crippen LogP contribution is -2.42. The fourth-order valence-electron chi connectivity index (χ4n) is 1.61. The van der Waals surface area contributed by atoms with Gasteiger partial charge in [0.15, 0.2) is 0 Å². The van der Waals surface area contributed by atoms with E-state index in [-0.39, 0.29) is 24.4 Å². The Hall–Kier alpha value is -1.34. The van der Waals surface area contributed by atoms with Crippen molar-refractivity contribution in [2.24, 2.45) is 5.92 Å². The summed E-state index contributed by atoms with van der Waals surface area (Å²) in [7, 11) is 0. The zero-order valence-electron chi connectivity index (χ0n) is 12.4. The maximum Gasteiger partial charge on any atom is 0.407 e. The number of rotatable bonds is 9. The summed E-state index contributed by atoms with van der Waals surface area (Å²) in [5, 5.41) is 22.9. The molecule has 7 nitrogen and oxygen atoms in total. The Labute approximate surface area is 119 Å². The summed E-state index contributed by atoms with van der Waals surface area (Å²) in [6, 6.07) is 0.0435. The van der Waals surface area contributed by atoms with Crippen LogP contribution in [0, 0.1) is 5.92 Å². The first-order valence-corrected chi connectivity index (χ1v) is 6.91. The molecule has 0 heterocycles. The van der Waals surface area contributed by atoms with E-state index in [0.29, 0.717) is 6.42 Å². The average molecular weight is 290 g/mol. The van der Waals surface area contributed by atoms with E-state index in [1.54, 1.807) is 0 Å². The maximum absolute atomic E-state index is 11.9. The van der Waals surface area contributed by atoms with Gasteiger partial charge in [0.2, 0.25) is 5.91 Å². The second-order valence-electron chi connectivity index (χ2n) is 4.92. The van der Waals surface area contributed by atoms with Gasteiger partial charge < -0.3 is 25.6 Å². The van der Waals surface area contributed by atoms with Crippen LogP contribution in [0.4, 0.5) is 4.79 Å². The number of aliphatic hydroxyl groups is 2. The van der Waals surface area contributed by atoms with Crippen LogP contribution in [0.5, 0.6) is 0 Å². The number of amides is 2. The molecule has 0 aromatic rings. The van der Waals surface area contributed by atoms with E-state index in [0.717, 1.165) is 6.42 Å². The van der Waals surface area contributed by atoms with Crippen LogP contribution >= 0.6 is 0 Å². The number of nitrogens with one attached hydrogen (secondary N) is 2. The Kier molecular flexibility index (Phi) is 9.75. The van der Waals surface area contributed by atoms with Gasteiger partial charge in [0.1, 0.15) is 6.10 Å².